The minimum atomic E-state index is -0.269. The molecule has 2 aromatic rings. The highest BCUT2D eigenvalue weighted by Crippen LogP contribution is 2.22. The fraction of sp³-hybridized carbons (Fsp3) is 0.333. The van der Waals surface area contributed by atoms with Crippen LogP contribution in [0.3, 0.4) is 0 Å². The van der Waals surface area contributed by atoms with Crippen LogP contribution in [0.25, 0.3) is 0 Å². The number of amides is 2. The molecular formula is C21H26ClN3O3. The SMILES string of the molecule is COc1ccc(NC(=O)c2ccccc2NC(=O)[C@H]2CCN[C@@H](C)C2)cc1.Cl. The first-order chi connectivity index (χ1) is 13.1. The van der Waals surface area contributed by atoms with Gasteiger partial charge < -0.3 is 20.7 Å². The number of ether oxygens (including phenoxy) is 1. The van der Waals surface area contributed by atoms with Crippen LogP contribution in [0.2, 0.25) is 0 Å². The second-order valence-corrected chi connectivity index (χ2v) is 6.79. The number of anilines is 2. The normalized spacial score (nSPS) is 18.5. The first-order valence-corrected chi connectivity index (χ1v) is 9.15. The van der Waals surface area contributed by atoms with E-state index in [0.29, 0.717) is 23.0 Å². The zero-order valence-corrected chi connectivity index (χ0v) is 16.8. The third-order valence-electron chi connectivity index (χ3n) is 4.77. The number of halogens is 1. The number of hydrogen-bond donors (Lipinski definition) is 3. The molecule has 0 bridgehead atoms. The molecule has 0 aliphatic carbocycles. The molecule has 2 amide bonds. The molecule has 28 heavy (non-hydrogen) atoms. The molecule has 2 aromatic carbocycles. The van der Waals surface area contributed by atoms with Gasteiger partial charge in [-0.15, -0.1) is 12.4 Å². The molecule has 2 atom stereocenters. The van der Waals surface area contributed by atoms with E-state index in [1.54, 1.807) is 49.6 Å². The van der Waals surface area contributed by atoms with Crippen LogP contribution < -0.4 is 20.7 Å². The molecule has 3 N–H and O–H groups in total. The Bertz CT molecular complexity index is 811. The van der Waals surface area contributed by atoms with Crippen molar-refractivity contribution < 1.29 is 14.3 Å². The quantitative estimate of drug-likeness (QED) is 0.711. The molecule has 0 radical (unpaired) electrons. The van der Waals surface area contributed by atoms with Crippen molar-refractivity contribution in [2.75, 3.05) is 24.3 Å². The molecule has 0 unspecified atom stereocenters. The molecule has 0 spiro atoms. The summed E-state index contributed by atoms with van der Waals surface area (Å²) in [6.07, 6.45) is 1.60. The minimum Gasteiger partial charge on any atom is -0.497 e. The average Bonchev–Trinajstić information content (AvgIpc) is 2.69. The molecule has 0 aromatic heterocycles. The second kappa shape index (κ2) is 10.1. The maximum Gasteiger partial charge on any atom is 0.257 e. The molecule has 0 saturated carbocycles. The van der Waals surface area contributed by atoms with Crippen LogP contribution in [0.1, 0.15) is 30.1 Å². The topological polar surface area (TPSA) is 79.5 Å². The van der Waals surface area contributed by atoms with Gasteiger partial charge in [0.2, 0.25) is 5.91 Å². The Balaban J connectivity index is 0.00000280. The number of carbonyl (C=O) groups is 2. The molecule has 7 heteroatoms. The van der Waals surface area contributed by atoms with Crippen molar-refractivity contribution in [1.82, 2.24) is 5.32 Å². The van der Waals surface area contributed by atoms with Crippen molar-refractivity contribution in [3.63, 3.8) is 0 Å². The van der Waals surface area contributed by atoms with E-state index in [0.717, 1.165) is 25.1 Å². The molecule has 3 rings (SSSR count). The third kappa shape index (κ3) is 5.47. The maximum atomic E-state index is 12.7. The van der Waals surface area contributed by atoms with E-state index in [9.17, 15) is 9.59 Å². The number of hydrogen-bond acceptors (Lipinski definition) is 4. The van der Waals surface area contributed by atoms with Crippen molar-refractivity contribution in [1.29, 1.82) is 0 Å². The number of rotatable bonds is 5. The Labute approximate surface area is 171 Å². The van der Waals surface area contributed by atoms with E-state index in [-0.39, 0.29) is 30.1 Å². The molecule has 1 heterocycles. The van der Waals surface area contributed by atoms with E-state index in [2.05, 4.69) is 22.9 Å². The summed E-state index contributed by atoms with van der Waals surface area (Å²) >= 11 is 0. The zero-order valence-electron chi connectivity index (χ0n) is 16.0. The van der Waals surface area contributed by atoms with Crippen LogP contribution in [-0.2, 0) is 4.79 Å². The minimum absolute atomic E-state index is 0. The number of piperidine rings is 1. The Morgan fingerprint density at radius 2 is 1.79 bits per heavy atom. The highest BCUT2D eigenvalue weighted by atomic mass is 35.5. The van der Waals surface area contributed by atoms with Crippen molar-refractivity contribution >= 4 is 35.6 Å². The Hall–Kier alpha value is -2.57. The largest absolute Gasteiger partial charge is 0.497 e. The number of methoxy groups -OCH3 is 1. The van der Waals surface area contributed by atoms with E-state index in [4.69, 9.17) is 4.74 Å². The lowest BCUT2D eigenvalue weighted by Gasteiger charge is -2.27. The molecular weight excluding hydrogens is 378 g/mol. The first-order valence-electron chi connectivity index (χ1n) is 9.15. The van der Waals surface area contributed by atoms with Crippen LogP contribution in [-0.4, -0.2) is 31.5 Å². The fourth-order valence-electron chi connectivity index (χ4n) is 3.27. The lowest BCUT2D eigenvalue weighted by molar-refractivity contribution is -0.120. The van der Waals surface area contributed by atoms with Crippen LogP contribution in [0.15, 0.2) is 48.5 Å². The molecule has 150 valence electrons. The number of benzene rings is 2. The van der Waals surface area contributed by atoms with Crippen molar-refractivity contribution in [3.8, 4) is 5.75 Å². The highest BCUT2D eigenvalue weighted by molar-refractivity contribution is 6.10. The van der Waals surface area contributed by atoms with Gasteiger partial charge in [0.25, 0.3) is 5.91 Å². The fourth-order valence-corrected chi connectivity index (χ4v) is 3.27. The predicted octanol–water partition coefficient (Wildman–Crippen LogP) is 3.70. The summed E-state index contributed by atoms with van der Waals surface area (Å²) in [5.41, 5.74) is 1.62. The van der Waals surface area contributed by atoms with Crippen molar-refractivity contribution in [2.45, 2.75) is 25.8 Å². The van der Waals surface area contributed by atoms with Gasteiger partial charge in [0, 0.05) is 17.6 Å². The monoisotopic (exact) mass is 403 g/mol. The lowest BCUT2D eigenvalue weighted by Crippen LogP contribution is -2.40. The summed E-state index contributed by atoms with van der Waals surface area (Å²) in [6, 6.07) is 14.5. The molecule has 1 saturated heterocycles. The Kier molecular flexibility index (Phi) is 7.84. The van der Waals surface area contributed by atoms with E-state index in [1.165, 1.54) is 0 Å². The van der Waals surface area contributed by atoms with Gasteiger partial charge in [0.05, 0.1) is 18.4 Å². The molecule has 1 aliphatic rings. The number of para-hydroxylation sites is 1. The average molecular weight is 404 g/mol. The van der Waals surface area contributed by atoms with Gasteiger partial charge in [0.15, 0.2) is 0 Å². The van der Waals surface area contributed by atoms with Gasteiger partial charge in [-0.25, -0.2) is 0 Å². The van der Waals surface area contributed by atoms with Crippen LogP contribution in [0.4, 0.5) is 11.4 Å². The summed E-state index contributed by atoms with van der Waals surface area (Å²) in [6.45, 7) is 2.91. The summed E-state index contributed by atoms with van der Waals surface area (Å²) < 4.78 is 5.12. The van der Waals surface area contributed by atoms with Gasteiger partial charge in [-0.1, -0.05) is 12.1 Å². The Morgan fingerprint density at radius 1 is 1.07 bits per heavy atom. The summed E-state index contributed by atoms with van der Waals surface area (Å²) in [5, 5.41) is 9.13. The number of carbonyl (C=O) groups excluding carboxylic acids is 2. The summed E-state index contributed by atoms with van der Waals surface area (Å²) in [5.74, 6) is 0.374. The molecule has 1 fully saturated rings. The standard InChI is InChI=1S/C21H25N3O3.ClH/c1-14-13-15(11-12-22-14)20(25)24-19-6-4-3-5-18(19)21(26)23-16-7-9-17(27-2)10-8-16;/h3-10,14-15,22H,11-13H2,1-2H3,(H,23,26)(H,24,25);1H/t14-,15-;/m0./s1. The van der Waals surface area contributed by atoms with E-state index < -0.39 is 0 Å². The molecule has 6 nitrogen and oxygen atoms in total. The van der Waals surface area contributed by atoms with Gasteiger partial charge in [-0.3, -0.25) is 9.59 Å². The maximum absolute atomic E-state index is 12.7. The van der Waals surface area contributed by atoms with E-state index in [1.807, 2.05) is 6.07 Å². The molecule has 1 aliphatic heterocycles. The number of nitrogens with one attached hydrogen (secondary N) is 3. The van der Waals surface area contributed by atoms with Gasteiger partial charge in [0.1, 0.15) is 5.75 Å². The van der Waals surface area contributed by atoms with Crippen molar-refractivity contribution in [3.05, 3.63) is 54.1 Å². The zero-order chi connectivity index (χ0) is 19.2. The van der Waals surface area contributed by atoms with Gasteiger partial charge >= 0.3 is 0 Å². The van der Waals surface area contributed by atoms with Crippen LogP contribution in [0, 0.1) is 5.92 Å². The predicted molar refractivity (Wildman–Crippen MR) is 113 cm³/mol. The van der Waals surface area contributed by atoms with Gasteiger partial charge in [-0.2, -0.15) is 0 Å². The van der Waals surface area contributed by atoms with E-state index >= 15 is 0 Å². The Morgan fingerprint density at radius 3 is 2.46 bits per heavy atom. The summed E-state index contributed by atoms with van der Waals surface area (Å²) in [4.78, 5) is 25.3. The highest BCUT2D eigenvalue weighted by Gasteiger charge is 2.25. The second-order valence-electron chi connectivity index (χ2n) is 6.79. The van der Waals surface area contributed by atoms with Crippen LogP contribution in [0.5, 0.6) is 5.75 Å². The van der Waals surface area contributed by atoms with Crippen LogP contribution >= 0.6 is 12.4 Å². The first kappa shape index (κ1) is 21.7. The lowest BCUT2D eigenvalue weighted by atomic mass is 9.92. The smallest absolute Gasteiger partial charge is 0.257 e. The van der Waals surface area contributed by atoms with Gasteiger partial charge in [-0.05, 0) is 62.7 Å². The summed E-state index contributed by atoms with van der Waals surface area (Å²) in [7, 11) is 1.59. The third-order valence-corrected chi connectivity index (χ3v) is 4.77. The van der Waals surface area contributed by atoms with Crippen molar-refractivity contribution in [2.24, 2.45) is 5.92 Å².